The predicted octanol–water partition coefficient (Wildman–Crippen LogP) is 0.847. The van der Waals surface area contributed by atoms with Crippen molar-refractivity contribution >= 4 is 15.7 Å². The van der Waals surface area contributed by atoms with Crippen LogP contribution in [0.25, 0.3) is 0 Å². The van der Waals surface area contributed by atoms with Crippen molar-refractivity contribution in [1.82, 2.24) is 4.72 Å². The van der Waals surface area contributed by atoms with Gasteiger partial charge in [-0.1, -0.05) is 6.92 Å². The van der Waals surface area contributed by atoms with Crippen molar-refractivity contribution in [2.24, 2.45) is 0 Å². The van der Waals surface area contributed by atoms with Gasteiger partial charge in [0.05, 0.1) is 11.0 Å². The van der Waals surface area contributed by atoms with Crippen molar-refractivity contribution in [3.05, 3.63) is 24.0 Å². The Morgan fingerprint density at radius 3 is 2.67 bits per heavy atom. The molecule has 18 heavy (non-hydrogen) atoms. The third kappa shape index (κ3) is 4.25. The fourth-order valence-electron chi connectivity index (χ4n) is 1.39. The maximum atomic E-state index is 13.1. The minimum absolute atomic E-state index is 0.0453. The number of nitrogen functional groups attached to an aromatic ring is 1. The highest BCUT2D eigenvalue weighted by Gasteiger charge is 2.15. The molecule has 0 amide bonds. The molecule has 0 aliphatic rings. The van der Waals surface area contributed by atoms with Gasteiger partial charge in [0.25, 0.3) is 0 Å². The summed E-state index contributed by atoms with van der Waals surface area (Å²) in [5.41, 5.74) is 5.43. The Bertz CT molecular complexity index is 485. The first-order chi connectivity index (χ1) is 8.35. The van der Waals surface area contributed by atoms with Crippen molar-refractivity contribution in [2.45, 2.75) is 30.8 Å². The van der Waals surface area contributed by atoms with E-state index in [-0.39, 0.29) is 17.1 Å². The molecule has 1 aromatic carbocycles. The van der Waals surface area contributed by atoms with E-state index in [1.165, 1.54) is 6.07 Å². The van der Waals surface area contributed by atoms with E-state index in [0.29, 0.717) is 12.8 Å². The number of rotatable bonds is 6. The normalized spacial score (nSPS) is 13.5. The molecule has 0 aromatic heterocycles. The van der Waals surface area contributed by atoms with E-state index in [1.807, 2.05) is 0 Å². The van der Waals surface area contributed by atoms with Crippen LogP contribution in [0.1, 0.15) is 19.8 Å². The first-order valence-electron chi connectivity index (χ1n) is 5.59. The quantitative estimate of drug-likeness (QED) is 0.671. The van der Waals surface area contributed by atoms with E-state index in [9.17, 15) is 17.9 Å². The van der Waals surface area contributed by atoms with Crippen LogP contribution >= 0.6 is 0 Å². The third-order valence-electron chi connectivity index (χ3n) is 2.44. The molecular weight excluding hydrogens is 259 g/mol. The van der Waals surface area contributed by atoms with E-state index < -0.39 is 21.9 Å². The molecule has 0 saturated carbocycles. The van der Waals surface area contributed by atoms with Crippen molar-refractivity contribution in [2.75, 3.05) is 12.3 Å². The van der Waals surface area contributed by atoms with Crippen LogP contribution in [-0.4, -0.2) is 26.2 Å². The summed E-state index contributed by atoms with van der Waals surface area (Å²) in [6.45, 7) is 1.89. The van der Waals surface area contributed by atoms with Gasteiger partial charge in [0, 0.05) is 12.2 Å². The van der Waals surface area contributed by atoms with Crippen LogP contribution in [-0.2, 0) is 10.0 Å². The van der Waals surface area contributed by atoms with Gasteiger partial charge in [-0.15, -0.1) is 0 Å². The topological polar surface area (TPSA) is 92.4 Å². The van der Waals surface area contributed by atoms with E-state index in [2.05, 4.69) is 4.72 Å². The molecule has 1 aromatic rings. The van der Waals surface area contributed by atoms with Gasteiger partial charge in [0.2, 0.25) is 10.0 Å². The number of nitrogens with two attached hydrogens (primary N) is 1. The fourth-order valence-corrected chi connectivity index (χ4v) is 2.50. The molecule has 4 N–H and O–H groups in total. The molecular formula is C11H17FN2O3S. The van der Waals surface area contributed by atoms with Crippen molar-refractivity contribution in [3.63, 3.8) is 0 Å². The molecule has 0 spiro atoms. The zero-order chi connectivity index (χ0) is 13.8. The molecule has 1 atom stereocenters. The second kappa shape index (κ2) is 6.12. The molecule has 0 heterocycles. The molecule has 0 aliphatic carbocycles. The van der Waals surface area contributed by atoms with Crippen LogP contribution in [0.2, 0.25) is 0 Å². The summed E-state index contributed by atoms with van der Waals surface area (Å²) in [6.07, 6.45) is 0.306. The summed E-state index contributed by atoms with van der Waals surface area (Å²) in [4.78, 5) is -0.217. The van der Waals surface area contributed by atoms with Gasteiger partial charge in [-0.25, -0.2) is 17.5 Å². The summed E-state index contributed by atoms with van der Waals surface area (Å²) >= 11 is 0. The number of hydrogen-bond acceptors (Lipinski definition) is 4. The molecule has 0 aliphatic heterocycles. The SMILES string of the molecule is CCC(O)CCNS(=O)(=O)c1cc(N)cc(F)c1. The maximum Gasteiger partial charge on any atom is 0.240 e. The lowest BCUT2D eigenvalue weighted by atomic mass is 10.2. The second-order valence-electron chi connectivity index (χ2n) is 3.97. The van der Waals surface area contributed by atoms with E-state index in [4.69, 9.17) is 5.73 Å². The standard InChI is InChI=1S/C11H17FN2O3S/c1-2-10(15)3-4-14-18(16,17)11-6-8(12)5-9(13)7-11/h5-7,10,14-15H,2-4,13H2,1H3. The van der Waals surface area contributed by atoms with E-state index >= 15 is 0 Å². The van der Waals surface area contributed by atoms with Gasteiger partial charge in [-0.05, 0) is 31.0 Å². The number of anilines is 1. The molecule has 5 nitrogen and oxygen atoms in total. The van der Waals surface area contributed by atoms with Crippen LogP contribution in [0.4, 0.5) is 10.1 Å². The van der Waals surface area contributed by atoms with E-state index in [0.717, 1.165) is 12.1 Å². The summed E-state index contributed by atoms with van der Waals surface area (Å²) < 4.78 is 38.9. The molecule has 0 bridgehead atoms. The smallest absolute Gasteiger partial charge is 0.240 e. The zero-order valence-electron chi connectivity index (χ0n) is 10.1. The van der Waals surface area contributed by atoms with Crippen LogP contribution < -0.4 is 10.5 Å². The van der Waals surface area contributed by atoms with Crippen molar-refractivity contribution < 1.29 is 17.9 Å². The Kier molecular flexibility index (Phi) is 5.06. The van der Waals surface area contributed by atoms with Gasteiger partial charge < -0.3 is 10.8 Å². The number of benzene rings is 1. The highest BCUT2D eigenvalue weighted by molar-refractivity contribution is 7.89. The molecule has 0 saturated heterocycles. The number of hydrogen-bond donors (Lipinski definition) is 3. The third-order valence-corrected chi connectivity index (χ3v) is 3.89. The van der Waals surface area contributed by atoms with E-state index in [1.54, 1.807) is 6.92 Å². The number of aliphatic hydroxyl groups excluding tert-OH is 1. The Morgan fingerprint density at radius 1 is 1.44 bits per heavy atom. The number of nitrogens with one attached hydrogen (secondary N) is 1. The Labute approximate surface area is 106 Å². The van der Waals surface area contributed by atoms with Gasteiger partial charge in [-0.3, -0.25) is 0 Å². The van der Waals surface area contributed by atoms with Crippen LogP contribution in [0.15, 0.2) is 23.1 Å². The molecule has 0 radical (unpaired) electrons. The largest absolute Gasteiger partial charge is 0.399 e. The molecule has 0 fully saturated rings. The van der Waals surface area contributed by atoms with Gasteiger partial charge in [0.1, 0.15) is 5.82 Å². The zero-order valence-corrected chi connectivity index (χ0v) is 10.9. The van der Waals surface area contributed by atoms with Gasteiger partial charge in [-0.2, -0.15) is 0 Å². The number of aliphatic hydroxyl groups is 1. The van der Waals surface area contributed by atoms with Crippen LogP contribution in [0, 0.1) is 5.82 Å². The minimum Gasteiger partial charge on any atom is -0.399 e. The maximum absolute atomic E-state index is 13.1. The lowest BCUT2D eigenvalue weighted by Crippen LogP contribution is -2.27. The minimum atomic E-state index is -3.79. The first kappa shape index (κ1) is 14.9. The molecule has 1 unspecified atom stereocenters. The highest BCUT2D eigenvalue weighted by atomic mass is 32.2. The summed E-state index contributed by atoms with van der Waals surface area (Å²) in [7, 11) is -3.79. The van der Waals surface area contributed by atoms with Crippen molar-refractivity contribution in [3.8, 4) is 0 Å². The lowest BCUT2D eigenvalue weighted by Gasteiger charge is -2.10. The monoisotopic (exact) mass is 276 g/mol. The van der Waals surface area contributed by atoms with Gasteiger partial charge >= 0.3 is 0 Å². The average molecular weight is 276 g/mol. The average Bonchev–Trinajstić information content (AvgIpc) is 2.27. The Morgan fingerprint density at radius 2 is 2.11 bits per heavy atom. The van der Waals surface area contributed by atoms with Crippen LogP contribution in [0.3, 0.4) is 0 Å². The second-order valence-corrected chi connectivity index (χ2v) is 5.74. The Hall–Kier alpha value is -1.18. The van der Waals surface area contributed by atoms with Crippen LogP contribution in [0.5, 0.6) is 0 Å². The highest BCUT2D eigenvalue weighted by Crippen LogP contribution is 2.15. The van der Waals surface area contributed by atoms with Crippen molar-refractivity contribution in [1.29, 1.82) is 0 Å². The summed E-state index contributed by atoms with van der Waals surface area (Å²) in [5, 5.41) is 9.30. The summed E-state index contributed by atoms with van der Waals surface area (Å²) in [5.74, 6) is -0.705. The number of sulfonamides is 1. The molecule has 7 heteroatoms. The number of halogens is 1. The van der Waals surface area contributed by atoms with Gasteiger partial charge in [0.15, 0.2) is 0 Å². The molecule has 102 valence electrons. The summed E-state index contributed by atoms with van der Waals surface area (Å²) in [6, 6.07) is 3.12. The predicted molar refractivity (Wildman–Crippen MR) is 66.9 cm³/mol. The first-order valence-corrected chi connectivity index (χ1v) is 7.07. The fraction of sp³-hybridized carbons (Fsp3) is 0.455. The lowest BCUT2D eigenvalue weighted by molar-refractivity contribution is 0.162. The molecule has 1 rings (SSSR count). The Balaban J connectivity index is 2.74.